The number of hydrogen-bond donors (Lipinski definition) is 3. The first-order valence-electron chi connectivity index (χ1n) is 4.77. The minimum atomic E-state index is -3.87. The van der Waals surface area contributed by atoms with Gasteiger partial charge in [0.15, 0.2) is 0 Å². The molecule has 17 heavy (non-hydrogen) atoms. The largest absolute Gasteiger partial charge is 0.398 e. The normalized spacial score (nSPS) is 11.8. The first-order valence-corrected chi connectivity index (χ1v) is 6.32. The maximum absolute atomic E-state index is 11.2. The van der Waals surface area contributed by atoms with Gasteiger partial charge < -0.3 is 10.8 Å². The van der Waals surface area contributed by atoms with Gasteiger partial charge in [0.05, 0.1) is 5.69 Å². The summed E-state index contributed by atoms with van der Waals surface area (Å²) < 4.78 is 22.4. The number of aliphatic hydroxyl groups is 1. The summed E-state index contributed by atoms with van der Waals surface area (Å²) in [5.41, 5.74) is 4.84. The Kier molecular flexibility index (Phi) is 3.48. The molecule has 0 radical (unpaired) electrons. The molecule has 0 bridgehead atoms. The van der Waals surface area contributed by atoms with E-state index < -0.39 is 15.6 Å². The summed E-state index contributed by atoms with van der Waals surface area (Å²) in [7, 11) is -3.87. The monoisotopic (exact) mass is 254 g/mol. The summed E-state index contributed by atoms with van der Waals surface area (Å²) in [6.07, 6.45) is 0. The minimum Gasteiger partial charge on any atom is -0.398 e. The summed E-state index contributed by atoms with van der Waals surface area (Å²) in [6.45, 7) is 3.05. The van der Waals surface area contributed by atoms with Crippen LogP contribution in [0, 0.1) is 11.8 Å². The lowest BCUT2D eigenvalue weighted by molar-refractivity contribution is 0.143. The van der Waals surface area contributed by atoms with Crippen LogP contribution < -0.4 is 10.9 Å². The van der Waals surface area contributed by atoms with Crippen molar-refractivity contribution in [3.63, 3.8) is 0 Å². The molecule has 0 heterocycles. The van der Waals surface area contributed by atoms with E-state index in [-0.39, 0.29) is 10.6 Å². The molecule has 0 fully saturated rings. The fourth-order valence-electron chi connectivity index (χ4n) is 1.08. The zero-order valence-corrected chi connectivity index (χ0v) is 10.4. The van der Waals surface area contributed by atoms with Crippen LogP contribution in [0.1, 0.15) is 19.4 Å². The Morgan fingerprint density at radius 3 is 2.41 bits per heavy atom. The highest BCUT2D eigenvalue weighted by Crippen LogP contribution is 2.18. The van der Waals surface area contributed by atoms with Gasteiger partial charge in [0.2, 0.25) is 10.0 Å². The topological polar surface area (TPSA) is 106 Å². The highest BCUT2D eigenvalue weighted by Gasteiger charge is 2.12. The van der Waals surface area contributed by atoms with Crippen LogP contribution in [0.15, 0.2) is 23.1 Å². The molecule has 0 aliphatic carbocycles. The van der Waals surface area contributed by atoms with Crippen LogP contribution in [-0.2, 0) is 10.0 Å². The lowest BCUT2D eigenvalue weighted by Gasteiger charge is -2.06. The van der Waals surface area contributed by atoms with Gasteiger partial charge in [-0.05, 0) is 32.0 Å². The molecule has 0 aromatic heterocycles. The third-order valence-corrected chi connectivity index (χ3v) is 2.80. The van der Waals surface area contributed by atoms with Crippen molar-refractivity contribution in [2.24, 2.45) is 5.14 Å². The van der Waals surface area contributed by atoms with Gasteiger partial charge in [-0.2, -0.15) is 0 Å². The van der Waals surface area contributed by atoms with Crippen LogP contribution in [0.5, 0.6) is 0 Å². The van der Waals surface area contributed by atoms with Crippen molar-refractivity contribution in [3.8, 4) is 11.8 Å². The zero-order valence-electron chi connectivity index (χ0n) is 9.56. The number of benzene rings is 1. The smallest absolute Gasteiger partial charge is 0.240 e. The molecule has 0 atom stereocenters. The Morgan fingerprint density at radius 1 is 1.35 bits per heavy atom. The van der Waals surface area contributed by atoms with Gasteiger partial charge in [0.1, 0.15) is 10.5 Å². The molecule has 0 saturated heterocycles. The molecular weight excluding hydrogens is 240 g/mol. The van der Waals surface area contributed by atoms with Crippen molar-refractivity contribution in [3.05, 3.63) is 23.8 Å². The molecule has 0 amide bonds. The van der Waals surface area contributed by atoms with Crippen molar-refractivity contribution in [1.82, 2.24) is 0 Å². The van der Waals surface area contributed by atoms with E-state index in [4.69, 9.17) is 10.9 Å². The van der Waals surface area contributed by atoms with E-state index in [2.05, 4.69) is 11.8 Å². The second kappa shape index (κ2) is 4.37. The highest BCUT2D eigenvalue weighted by atomic mass is 32.2. The Morgan fingerprint density at radius 2 is 1.94 bits per heavy atom. The van der Waals surface area contributed by atoms with Crippen molar-refractivity contribution in [1.29, 1.82) is 0 Å². The van der Waals surface area contributed by atoms with Crippen LogP contribution in [0.2, 0.25) is 0 Å². The average molecular weight is 254 g/mol. The molecule has 0 aliphatic rings. The van der Waals surface area contributed by atoms with Gasteiger partial charge in [-0.25, -0.2) is 13.6 Å². The predicted molar refractivity (Wildman–Crippen MR) is 65.4 cm³/mol. The lowest BCUT2D eigenvalue weighted by atomic mass is 10.1. The summed E-state index contributed by atoms with van der Waals surface area (Å²) in [5.74, 6) is 5.21. The van der Waals surface area contributed by atoms with E-state index in [0.717, 1.165) is 0 Å². The fraction of sp³-hybridized carbons (Fsp3) is 0.273. The Hall–Kier alpha value is -1.55. The molecule has 5 nitrogen and oxygen atoms in total. The maximum Gasteiger partial charge on any atom is 0.240 e. The third kappa shape index (κ3) is 4.07. The molecule has 6 heteroatoms. The van der Waals surface area contributed by atoms with E-state index in [1.54, 1.807) is 6.07 Å². The number of hydrogen-bond acceptors (Lipinski definition) is 4. The minimum absolute atomic E-state index is 0.0707. The van der Waals surface area contributed by atoms with Gasteiger partial charge in [-0.3, -0.25) is 0 Å². The van der Waals surface area contributed by atoms with Gasteiger partial charge in [-0.15, -0.1) is 0 Å². The number of anilines is 1. The number of nitrogen functional groups attached to an aromatic ring is 1. The van der Waals surface area contributed by atoms with Crippen molar-refractivity contribution in [2.45, 2.75) is 24.3 Å². The van der Waals surface area contributed by atoms with Gasteiger partial charge in [-0.1, -0.05) is 11.8 Å². The van der Waals surface area contributed by atoms with E-state index in [9.17, 15) is 13.5 Å². The second-order valence-corrected chi connectivity index (χ2v) is 5.64. The summed E-state index contributed by atoms with van der Waals surface area (Å²) in [5, 5.41) is 14.4. The highest BCUT2D eigenvalue weighted by molar-refractivity contribution is 7.89. The quantitative estimate of drug-likeness (QED) is 0.486. The SMILES string of the molecule is CC(C)(O)C#Cc1ccc(N)c(S(N)(=O)=O)c1. The standard InChI is InChI=1S/C11H14N2O3S/c1-11(2,14)6-5-8-3-4-9(12)10(7-8)17(13,15)16/h3-4,7,14H,12H2,1-2H3,(H2,13,15,16). The fourth-order valence-corrected chi connectivity index (χ4v) is 1.77. The van der Waals surface area contributed by atoms with Crippen LogP contribution in [0.3, 0.4) is 0 Å². The molecule has 0 aliphatic heterocycles. The maximum atomic E-state index is 11.2. The molecule has 1 rings (SSSR count). The number of sulfonamides is 1. The van der Waals surface area contributed by atoms with E-state index in [1.807, 2.05) is 0 Å². The van der Waals surface area contributed by atoms with E-state index in [1.165, 1.54) is 26.0 Å². The molecule has 1 aromatic carbocycles. The van der Waals surface area contributed by atoms with Gasteiger partial charge in [0, 0.05) is 5.56 Å². The number of nitrogens with two attached hydrogens (primary N) is 2. The molecule has 0 spiro atoms. The van der Waals surface area contributed by atoms with Gasteiger partial charge in [0.25, 0.3) is 0 Å². The van der Waals surface area contributed by atoms with Crippen LogP contribution in [-0.4, -0.2) is 19.1 Å². The molecule has 0 saturated carbocycles. The summed E-state index contributed by atoms with van der Waals surface area (Å²) in [6, 6.07) is 4.25. The Labute approximate surface area is 100 Å². The van der Waals surface area contributed by atoms with Crippen molar-refractivity contribution in [2.75, 3.05) is 5.73 Å². The van der Waals surface area contributed by atoms with Crippen molar-refractivity contribution < 1.29 is 13.5 Å². The van der Waals surface area contributed by atoms with Crippen LogP contribution in [0.4, 0.5) is 5.69 Å². The van der Waals surface area contributed by atoms with Crippen LogP contribution >= 0.6 is 0 Å². The molecule has 92 valence electrons. The summed E-state index contributed by atoms with van der Waals surface area (Å²) >= 11 is 0. The summed E-state index contributed by atoms with van der Waals surface area (Å²) in [4.78, 5) is -0.167. The van der Waals surface area contributed by atoms with Crippen LogP contribution in [0.25, 0.3) is 0 Å². The molecule has 5 N–H and O–H groups in total. The first kappa shape index (κ1) is 13.5. The molecule has 0 unspecified atom stereocenters. The predicted octanol–water partition coefficient (Wildman–Crippen LogP) is 0.0386. The number of primary sulfonamides is 1. The average Bonchev–Trinajstić information content (AvgIpc) is 2.13. The second-order valence-electron chi connectivity index (χ2n) is 4.11. The molecular formula is C11H14N2O3S. The number of rotatable bonds is 1. The van der Waals surface area contributed by atoms with Crippen molar-refractivity contribution >= 4 is 15.7 Å². The zero-order chi connectivity index (χ0) is 13.3. The van der Waals surface area contributed by atoms with Gasteiger partial charge >= 0.3 is 0 Å². The van der Waals surface area contributed by atoms with E-state index in [0.29, 0.717) is 5.56 Å². The Bertz CT molecular complexity index is 589. The molecule has 1 aromatic rings. The third-order valence-electron chi connectivity index (χ3n) is 1.83. The van der Waals surface area contributed by atoms with E-state index >= 15 is 0 Å². The Balaban J connectivity index is 3.27. The lowest BCUT2D eigenvalue weighted by Crippen LogP contribution is -2.15. The first-order chi connectivity index (χ1) is 7.59.